The maximum absolute atomic E-state index is 14.1. The lowest BCUT2D eigenvalue weighted by molar-refractivity contribution is -0.137. The highest BCUT2D eigenvalue weighted by Gasteiger charge is 2.35. The van der Waals surface area contributed by atoms with Gasteiger partial charge in [0.1, 0.15) is 36.3 Å². The van der Waals surface area contributed by atoms with Crippen molar-refractivity contribution in [1.82, 2.24) is 31.9 Å². The van der Waals surface area contributed by atoms with E-state index in [-0.39, 0.29) is 50.9 Å². The van der Waals surface area contributed by atoms with Gasteiger partial charge in [-0.3, -0.25) is 33.6 Å². The van der Waals surface area contributed by atoms with Crippen LogP contribution in [-0.4, -0.2) is 97.2 Å². The molecule has 0 radical (unpaired) electrons. The molecule has 7 amide bonds. The molecular formula is C38H64N10O7. The van der Waals surface area contributed by atoms with E-state index in [0.29, 0.717) is 58.2 Å². The minimum Gasteiger partial charge on any atom is -0.370 e. The van der Waals surface area contributed by atoms with Crippen LogP contribution in [0.2, 0.25) is 0 Å². The summed E-state index contributed by atoms with van der Waals surface area (Å²) >= 11 is 0. The molecule has 1 aliphatic heterocycles. The Morgan fingerprint density at radius 3 is 1.25 bits per heavy atom. The van der Waals surface area contributed by atoms with E-state index in [4.69, 9.17) is 22.9 Å². The van der Waals surface area contributed by atoms with E-state index >= 15 is 0 Å². The number of amides is 7. The van der Waals surface area contributed by atoms with Crippen LogP contribution in [0.5, 0.6) is 0 Å². The molecule has 1 aromatic carbocycles. The van der Waals surface area contributed by atoms with Crippen molar-refractivity contribution >= 4 is 41.4 Å². The van der Waals surface area contributed by atoms with Crippen LogP contribution in [0, 0.1) is 5.92 Å². The zero-order chi connectivity index (χ0) is 40.8. The molecular weight excluding hydrogens is 708 g/mol. The number of nitrogens with two attached hydrogens (primary N) is 4. The number of nitrogens with one attached hydrogen (secondary N) is 6. The van der Waals surface area contributed by atoms with E-state index in [9.17, 15) is 33.6 Å². The second-order valence-corrected chi connectivity index (χ2v) is 14.5. The summed E-state index contributed by atoms with van der Waals surface area (Å²) in [6, 6.07) is 1.99. The molecule has 17 heteroatoms. The summed E-state index contributed by atoms with van der Waals surface area (Å²) in [7, 11) is 0. The Kier molecular flexibility index (Phi) is 21.6. The van der Waals surface area contributed by atoms with Crippen LogP contribution in [0.4, 0.5) is 0 Å². The Bertz CT molecular complexity index is 1400. The molecule has 1 fully saturated rings. The minimum absolute atomic E-state index is 0.0558. The van der Waals surface area contributed by atoms with Crippen molar-refractivity contribution in [3.05, 3.63) is 35.9 Å². The van der Waals surface area contributed by atoms with Crippen LogP contribution in [0.15, 0.2) is 30.3 Å². The highest BCUT2D eigenvalue weighted by Crippen LogP contribution is 2.13. The molecule has 0 saturated carbocycles. The van der Waals surface area contributed by atoms with Crippen LogP contribution >= 0.6 is 0 Å². The van der Waals surface area contributed by atoms with E-state index in [0.717, 1.165) is 5.56 Å². The standard InChI is InChI=1S/C38H64N10O7/c1-24(2)22-30-37(54)44-26(14-6-9-19-39)33(50)46-29(17-18-32(42)49)36(53)43-27(15-7-10-20-40)35(52)48-31(23-25-12-4-3-5-13-25)38(55)45-28(34(51)47-30)16-8-11-21-41/h3-5,12-13,24,26-31H,6-11,14-23,39-41H2,1-2H3,(H2,42,49)(H,43,53)(H,44,54)(H,45,55)(H,46,50)(H,47,51)(H,48,52)/t26-,27-,28-,29-,30-,31-/m0/s1. The summed E-state index contributed by atoms with van der Waals surface area (Å²) in [5.74, 6) is -4.79. The fourth-order valence-electron chi connectivity index (χ4n) is 6.24. The first-order chi connectivity index (χ1) is 26.3. The zero-order valence-electron chi connectivity index (χ0n) is 32.4. The monoisotopic (exact) mass is 772 g/mol. The van der Waals surface area contributed by atoms with Crippen LogP contribution in [0.3, 0.4) is 0 Å². The van der Waals surface area contributed by atoms with Gasteiger partial charge in [-0.1, -0.05) is 44.2 Å². The molecule has 1 heterocycles. The molecule has 0 aliphatic carbocycles. The van der Waals surface area contributed by atoms with Crippen LogP contribution in [-0.2, 0) is 40.0 Å². The van der Waals surface area contributed by atoms with Gasteiger partial charge in [0.2, 0.25) is 41.4 Å². The van der Waals surface area contributed by atoms with Crippen molar-refractivity contribution in [1.29, 1.82) is 0 Å². The largest absolute Gasteiger partial charge is 0.370 e. The number of benzene rings is 1. The lowest BCUT2D eigenvalue weighted by Crippen LogP contribution is -2.61. The molecule has 1 aliphatic rings. The van der Waals surface area contributed by atoms with Gasteiger partial charge in [-0.05, 0) is 102 Å². The highest BCUT2D eigenvalue weighted by atomic mass is 16.2. The number of carbonyl (C=O) groups excluding carboxylic acids is 7. The molecule has 17 nitrogen and oxygen atoms in total. The van der Waals surface area contributed by atoms with Crippen molar-refractivity contribution in [3.63, 3.8) is 0 Å². The molecule has 0 bridgehead atoms. The van der Waals surface area contributed by atoms with Crippen molar-refractivity contribution in [2.45, 2.75) is 134 Å². The van der Waals surface area contributed by atoms with Gasteiger partial charge in [0.25, 0.3) is 0 Å². The molecule has 1 saturated heterocycles. The first kappa shape index (κ1) is 46.5. The van der Waals surface area contributed by atoms with Crippen molar-refractivity contribution < 1.29 is 33.6 Å². The van der Waals surface area contributed by atoms with E-state index < -0.39 is 77.6 Å². The summed E-state index contributed by atoms with van der Waals surface area (Å²) in [4.78, 5) is 95.5. The Morgan fingerprint density at radius 2 is 0.873 bits per heavy atom. The number of rotatable bonds is 19. The topological polar surface area (TPSA) is 296 Å². The zero-order valence-corrected chi connectivity index (χ0v) is 32.4. The molecule has 0 spiro atoms. The molecule has 0 unspecified atom stereocenters. The molecule has 1 aromatic rings. The second kappa shape index (κ2) is 25.5. The third-order valence-corrected chi connectivity index (χ3v) is 9.31. The normalized spacial score (nSPS) is 23.4. The summed E-state index contributed by atoms with van der Waals surface area (Å²) in [5.41, 5.74) is 23.3. The predicted molar refractivity (Wildman–Crippen MR) is 208 cm³/mol. The molecule has 0 aromatic heterocycles. The fraction of sp³-hybridized carbons (Fsp3) is 0.658. The second-order valence-electron chi connectivity index (χ2n) is 14.5. The van der Waals surface area contributed by atoms with Gasteiger partial charge >= 0.3 is 0 Å². The average Bonchev–Trinajstić information content (AvgIpc) is 3.14. The van der Waals surface area contributed by atoms with Gasteiger partial charge < -0.3 is 54.8 Å². The Balaban J connectivity index is 2.68. The number of unbranched alkanes of at least 4 members (excludes halogenated alkanes) is 3. The maximum Gasteiger partial charge on any atom is 0.243 e. The van der Waals surface area contributed by atoms with Gasteiger partial charge in [0.15, 0.2) is 0 Å². The number of hydrogen-bond acceptors (Lipinski definition) is 10. The maximum atomic E-state index is 14.1. The average molecular weight is 773 g/mol. The van der Waals surface area contributed by atoms with Gasteiger partial charge in [-0.25, -0.2) is 0 Å². The predicted octanol–water partition coefficient (Wildman–Crippen LogP) is -1.15. The molecule has 6 atom stereocenters. The van der Waals surface area contributed by atoms with Crippen molar-refractivity contribution in [2.75, 3.05) is 19.6 Å². The van der Waals surface area contributed by atoms with E-state index in [1.165, 1.54) is 0 Å². The van der Waals surface area contributed by atoms with Crippen molar-refractivity contribution in [2.24, 2.45) is 28.9 Å². The smallest absolute Gasteiger partial charge is 0.243 e. The quantitative estimate of drug-likeness (QED) is 0.0754. The Morgan fingerprint density at radius 1 is 0.527 bits per heavy atom. The van der Waals surface area contributed by atoms with Crippen LogP contribution in [0.1, 0.15) is 96.5 Å². The van der Waals surface area contributed by atoms with Crippen molar-refractivity contribution in [3.8, 4) is 0 Å². The molecule has 2 rings (SSSR count). The third kappa shape index (κ3) is 17.6. The molecule has 14 N–H and O–H groups in total. The minimum atomic E-state index is -1.32. The summed E-state index contributed by atoms with van der Waals surface area (Å²) in [5, 5.41) is 16.5. The summed E-state index contributed by atoms with van der Waals surface area (Å²) in [6.45, 7) is 4.79. The molecule has 55 heavy (non-hydrogen) atoms. The number of hydrogen-bond donors (Lipinski definition) is 10. The fourth-order valence-corrected chi connectivity index (χ4v) is 6.24. The number of primary amides is 1. The first-order valence-electron chi connectivity index (χ1n) is 19.5. The Labute approximate surface area is 324 Å². The summed E-state index contributed by atoms with van der Waals surface area (Å²) < 4.78 is 0. The van der Waals surface area contributed by atoms with Gasteiger partial charge in [-0.2, -0.15) is 0 Å². The summed E-state index contributed by atoms with van der Waals surface area (Å²) in [6.07, 6.45) is 3.36. The third-order valence-electron chi connectivity index (χ3n) is 9.31. The van der Waals surface area contributed by atoms with E-state index in [1.807, 2.05) is 19.9 Å². The van der Waals surface area contributed by atoms with Gasteiger partial charge in [-0.15, -0.1) is 0 Å². The number of carbonyl (C=O) groups is 7. The highest BCUT2D eigenvalue weighted by molar-refractivity contribution is 5.98. The van der Waals surface area contributed by atoms with E-state index in [2.05, 4.69) is 31.9 Å². The Hall–Kier alpha value is -4.61. The van der Waals surface area contributed by atoms with Gasteiger partial charge in [0.05, 0.1) is 0 Å². The van der Waals surface area contributed by atoms with Crippen LogP contribution < -0.4 is 54.8 Å². The van der Waals surface area contributed by atoms with Crippen LogP contribution in [0.25, 0.3) is 0 Å². The SMILES string of the molecule is CC(C)C[C@@H]1NC(=O)[C@H](CCCCN)NC(=O)[C@H](Cc2ccccc2)NC(=O)[C@H](CCCCN)NC(=O)[C@H](CCC(N)=O)NC(=O)[C@H](CCCCN)NC1=O. The first-order valence-corrected chi connectivity index (χ1v) is 19.5. The lowest BCUT2D eigenvalue weighted by atomic mass is 9.99. The van der Waals surface area contributed by atoms with Gasteiger partial charge in [0, 0.05) is 12.8 Å². The molecule has 308 valence electrons. The van der Waals surface area contributed by atoms with E-state index in [1.54, 1.807) is 24.3 Å². The lowest BCUT2D eigenvalue weighted by Gasteiger charge is -2.29.